The Bertz CT molecular complexity index is 348. The van der Waals surface area contributed by atoms with Crippen LogP contribution in [-0.2, 0) is 0 Å². The summed E-state index contributed by atoms with van der Waals surface area (Å²) in [6, 6.07) is 2.14. The number of hydrogen-bond acceptors (Lipinski definition) is 2. The first-order chi connectivity index (χ1) is 6.49. The molecule has 2 N–H and O–H groups in total. The van der Waals surface area contributed by atoms with E-state index in [4.69, 9.17) is 10.5 Å². The number of aryl methyl sites for hydroxylation is 1. The van der Waals surface area contributed by atoms with Gasteiger partial charge in [0.15, 0.2) is 0 Å². The second-order valence-electron chi connectivity index (χ2n) is 3.54. The van der Waals surface area contributed by atoms with Crippen molar-refractivity contribution in [3.05, 3.63) is 27.2 Å². The Morgan fingerprint density at radius 1 is 1.43 bits per heavy atom. The maximum Gasteiger partial charge on any atom is 0.136 e. The summed E-state index contributed by atoms with van der Waals surface area (Å²) in [6.45, 7) is 6.06. The Labute approximate surface area is 93.6 Å². The molecule has 78 valence electrons. The van der Waals surface area contributed by atoms with E-state index in [1.54, 1.807) is 7.11 Å². The predicted octanol–water partition coefficient (Wildman–Crippen LogP) is 3.09. The fourth-order valence-corrected chi connectivity index (χ4v) is 2.30. The van der Waals surface area contributed by atoms with Crippen LogP contribution in [0, 0.1) is 13.8 Å². The van der Waals surface area contributed by atoms with Crippen LogP contribution in [0.5, 0.6) is 5.75 Å². The van der Waals surface area contributed by atoms with Gasteiger partial charge in [0, 0.05) is 6.04 Å². The largest absolute Gasteiger partial charge is 0.495 e. The number of methoxy groups -OCH3 is 1. The molecule has 0 spiro atoms. The molecule has 0 aromatic heterocycles. The Hall–Kier alpha value is -0.540. The van der Waals surface area contributed by atoms with Crippen LogP contribution in [0.1, 0.15) is 29.7 Å². The molecule has 0 aliphatic rings. The first kappa shape index (κ1) is 11.5. The van der Waals surface area contributed by atoms with Crippen LogP contribution in [0.4, 0.5) is 0 Å². The van der Waals surface area contributed by atoms with E-state index in [9.17, 15) is 0 Å². The van der Waals surface area contributed by atoms with Crippen molar-refractivity contribution >= 4 is 15.9 Å². The van der Waals surface area contributed by atoms with Gasteiger partial charge in [0.25, 0.3) is 0 Å². The van der Waals surface area contributed by atoms with Crippen molar-refractivity contribution in [1.29, 1.82) is 0 Å². The third-order valence-electron chi connectivity index (χ3n) is 2.39. The number of ether oxygens (including phenoxy) is 1. The van der Waals surface area contributed by atoms with Gasteiger partial charge in [-0.1, -0.05) is 6.07 Å². The van der Waals surface area contributed by atoms with Crippen LogP contribution in [0.2, 0.25) is 0 Å². The van der Waals surface area contributed by atoms with E-state index in [0.717, 1.165) is 26.9 Å². The van der Waals surface area contributed by atoms with Gasteiger partial charge < -0.3 is 10.5 Å². The van der Waals surface area contributed by atoms with Gasteiger partial charge in [-0.3, -0.25) is 0 Å². The van der Waals surface area contributed by atoms with Gasteiger partial charge in [0.05, 0.1) is 11.6 Å². The molecular weight excluding hydrogens is 242 g/mol. The monoisotopic (exact) mass is 257 g/mol. The lowest BCUT2D eigenvalue weighted by molar-refractivity contribution is 0.408. The van der Waals surface area contributed by atoms with Crippen LogP contribution in [0.25, 0.3) is 0 Å². The minimum Gasteiger partial charge on any atom is -0.495 e. The summed E-state index contributed by atoms with van der Waals surface area (Å²) in [5.41, 5.74) is 9.31. The maximum atomic E-state index is 5.88. The highest BCUT2D eigenvalue weighted by atomic mass is 79.9. The molecular formula is C11H16BrNO. The van der Waals surface area contributed by atoms with Crippen molar-refractivity contribution in [2.45, 2.75) is 26.8 Å². The number of halogens is 1. The topological polar surface area (TPSA) is 35.2 Å². The van der Waals surface area contributed by atoms with Crippen molar-refractivity contribution in [3.8, 4) is 5.75 Å². The van der Waals surface area contributed by atoms with E-state index in [2.05, 4.69) is 22.0 Å². The maximum absolute atomic E-state index is 5.88. The van der Waals surface area contributed by atoms with Crippen molar-refractivity contribution in [2.24, 2.45) is 5.73 Å². The fourth-order valence-electron chi connectivity index (χ4n) is 1.60. The Morgan fingerprint density at radius 2 is 2.00 bits per heavy atom. The number of benzene rings is 1. The molecule has 0 radical (unpaired) electrons. The van der Waals surface area contributed by atoms with Crippen molar-refractivity contribution in [1.82, 2.24) is 0 Å². The molecule has 1 aromatic carbocycles. The van der Waals surface area contributed by atoms with Gasteiger partial charge in [0.1, 0.15) is 5.75 Å². The third kappa shape index (κ3) is 1.93. The molecule has 0 fully saturated rings. The van der Waals surface area contributed by atoms with E-state index in [-0.39, 0.29) is 6.04 Å². The average molecular weight is 258 g/mol. The number of rotatable bonds is 2. The van der Waals surface area contributed by atoms with Crippen molar-refractivity contribution < 1.29 is 4.74 Å². The van der Waals surface area contributed by atoms with Crippen molar-refractivity contribution in [2.75, 3.05) is 7.11 Å². The molecule has 14 heavy (non-hydrogen) atoms. The summed E-state index contributed by atoms with van der Waals surface area (Å²) in [5.74, 6) is 0.895. The van der Waals surface area contributed by atoms with Gasteiger partial charge in [-0.05, 0) is 53.4 Å². The Morgan fingerprint density at radius 3 is 2.43 bits per heavy atom. The molecule has 0 aliphatic heterocycles. The predicted molar refractivity (Wildman–Crippen MR) is 62.8 cm³/mol. The summed E-state index contributed by atoms with van der Waals surface area (Å²) in [7, 11) is 1.68. The molecule has 0 bridgehead atoms. The second kappa shape index (κ2) is 4.32. The molecule has 0 aliphatic carbocycles. The molecule has 0 saturated carbocycles. The molecule has 3 heteroatoms. The van der Waals surface area contributed by atoms with E-state index in [1.165, 1.54) is 0 Å². The molecule has 1 aromatic rings. The minimum absolute atomic E-state index is 0.0518. The van der Waals surface area contributed by atoms with E-state index < -0.39 is 0 Å². The van der Waals surface area contributed by atoms with Crippen LogP contribution in [0.3, 0.4) is 0 Å². The summed E-state index contributed by atoms with van der Waals surface area (Å²) < 4.78 is 6.31. The van der Waals surface area contributed by atoms with Crippen LogP contribution in [0.15, 0.2) is 10.5 Å². The first-order valence-electron chi connectivity index (χ1n) is 4.58. The van der Waals surface area contributed by atoms with Gasteiger partial charge >= 0.3 is 0 Å². The van der Waals surface area contributed by atoms with Crippen LogP contribution < -0.4 is 10.5 Å². The lowest BCUT2D eigenvalue weighted by Gasteiger charge is -2.16. The molecule has 1 rings (SSSR count). The van der Waals surface area contributed by atoms with Crippen LogP contribution >= 0.6 is 15.9 Å². The van der Waals surface area contributed by atoms with Gasteiger partial charge in [-0.25, -0.2) is 0 Å². The first-order valence-corrected chi connectivity index (χ1v) is 5.37. The zero-order valence-corrected chi connectivity index (χ0v) is 10.6. The zero-order chi connectivity index (χ0) is 10.9. The van der Waals surface area contributed by atoms with Crippen molar-refractivity contribution in [3.63, 3.8) is 0 Å². The summed E-state index contributed by atoms with van der Waals surface area (Å²) in [4.78, 5) is 0. The zero-order valence-electron chi connectivity index (χ0n) is 9.02. The molecule has 0 saturated heterocycles. The standard InChI is InChI=1S/C11H16BrNO/c1-6-5-9(8(3)13)7(2)10(12)11(6)14-4/h5,8H,13H2,1-4H3. The Kier molecular flexibility index (Phi) is 3.56. The normalized spacial score (nSPS) is 12.7. The molecule has 2 nitrogen and oxygen atoms in total. The summed E-state index contributed by atoms with van der Waals surface area (Å²) in [6.07, 6.45) is 0. The van der Waals surface area contributed by atoms with E-state index in [1.807, 2.05) is 20.8 Å². The highest BCUT2D eigenvalue weighted by Crippen LogP contribution is 2.35. The molecule has 0 amide bonds. The quantitative estimate of drug-likeness (QED) is 0.884. The number of hydrogen-bond donors (Lipinski definition) is 1. The number of nitrogens with two attached hydrogens (primary N) is 1. The molecule has 1 unspecified atom stereocenters. The second-order valence-corrected chi connectivity index (χ2v) is 4.34. The molecule has 1 atom stereocenters. The van der Waals surface area contributed by atoms with Crippen LogP contribution in [-0.4, -0.2) is 7.11 Å². The minimum atomic E-state index is 0.0518. The van der Waals surface area contributed by atoms with E-state index >= 15 is 0 Å². The van der Waals surface area contributed by atoms with Gasteiger partial charge in [-0.15, -0.1) is 0 Å². The smallest absolute Gasteiger partial charge is 0.136 e. The SMILES string of the molecule is COc1c(C)cc(C(C)N)c(C)c1Br. The van der Waals surface area contributed by atoms with E-state index in [0.29, 0.717) is 0 Å². The highest BCUT2D eigenvalue weighted by Gasteiger charge is 2.13. The summed E-state index contributed by atoms with van der Waals surface area (Å²) >= 11 is 3.53. The Balaban J connectivity index is 3.40. The summed E-state index contributed by atoms with van der Waals surface area (Å²) in [5, 5.41) is 0. The lowest BCUT2D eigenvalue weighted by atomic mass is 10.00. The van der Waals surface area contributed by atoms with Gasteiger partial charge in [-0.2, -0.15) is 0 Å². The third-order valence-corrected chi connectivity index (χ3v) is 3.34. The fraction of sp³-hybridized carbons (Fsp3) is 0.455. The highest BCUT2D eigenvalue weighted by molar-refractivity contribution is 9.10. The molecule has 0 heterocycles. The lowest BCUT2D eigenvalue weighted by Crippen LogP contribution is -2.08. The average Bonchev–Trinajstić information content (AvgIpc) is 2.12. The van der Waals surface area contributed by atoms with Gasteiger partial charge in [0.2, 0.25) is 0 Å².